The Balaban J connectivity index is 2.55. The largest absolute Gasteiger partial charge is 0.493 e. The third-order valence-corrected chi connectivity index (χ3v) is 2.63. The van der Waals surface area contributed by atoms with E-state index in [4.69, 9.17) is 4.74 Å². The van der Waals surface area contributed by atoms with Crippen molar-refractivity contribution in [3.05, 3.63) is 29.3 Å². The van der Waals surface area contributed by atoms with Gasteiger partial charge in [0.05, 0.1) is 19.8 Å². The number of esters is 1. The average Bonchev–Trinajstić information content (AvgIpc) is 2.34. The minimum atomic E-state index is -0.568. The van der Waals surface area contributed by atoms with Crippen LogP contribution in [0.3, 0.4) is 0 Å². The van der Waals surface area contributed by atoms with Crippen LogP contribution in [0.15, 0.2) is 18.2 Å². The molecule has 0 bridgehead atoms. The van der Waals surface area contributed by atoms with Gasteiger partial charge in [0.1, 0.15) is 5.75 Å². The fraction of sp³-hybridized carbons (Fsp3) is 0.500. The van der Waals surface area contributed by atoms with Crippen LogP contribution in [0.25, 0.3) is 0 Å². The second kappa shape index (κ2) is 7.01. The summed E-state index contributed by atoms with van der Waals surface area (Å²) in [5.41, 5.74) is 1.83. The Kier molecular flexibility index (Phi) is 5.65. The molecule has 18 heavy (non-hydrogen) atoms. The number of aliphatic hydroxyl groups excluding tert-OH is 1. The number of ether oxygens (including phenoxy) is 2. The number of carbonyl (C=O) groups excluding carboxylic acids is 1. The summed E-state index contributed by atoms with van der Waals surface area (Å²) in [5, 5.41) is 9.62. The van der Waals surface area contributed by atoms with E-state index in [0.717, 1.165) is 11.1 Å². The molecule has 0 fully saturated rings. The summed E-state index contributed by atoms with van der Waals surface area (Å²) < 4.78 is 10.2. The van der Waals surface area contributed by atoms with E-state index < -0.39 is 6.10 Å². The van der Waals surface area contributed by atoms with Crippen LogP contribution in [0.5, 0.6) is 5.75 Å². The number of aryl methyl sites for hydroxylation is 1. The lowest BCUT2D eigenvalue weighted by molar-refractivity contribution is -0.140. The van der Waals surface area contributed by atoms with E-state index in [1.807, 2.05) is 25.1 Å². The lowest BCUT2D eigenvalue weighted by Crippen LogP contribution is -2.06. The zero-order valence-electron chi connectivity index (χ0n) is 11.1. The maximum absolute atomic E-state index is 10.9. The maximum Gasteiger partial charge on any atom is 0.305 e. The van der Waals surface area contributed by atoms with E-state index in [0.29, 0.717) is 25.2 Å². The molecule has 0 heterocycles. The van der Waals surface area contributed by atoms with Crippen molar-refractivity contribution in [2.24, 2.45) is 0 Å². The third kappa shape index (κ3) is 4.37. The molecule has 4 heteroatoms. The van der Waals surface area contributed by atoms with Crippen molar-refractivity contribution < 1.29 is 19.4 Å². The molecule has 0 saturated carbocycles. The minimum absolute atomic E-state index is 0.237. The zero-order chi connectivity index (χ0) is 13.5. The zero-order valence-corrected chi connectivity index (χ0v) is 11.1. The molecular weight excluding hydrogens is 232 g/mol. The first kappa shape index (κ1) is 14.5. The number of carbonyl (C=O) groups is 1. The van der Waals surface area contributed by atoms with Gasteiger partial charge in [-0.05, 0) is 31.9 Å². The molecule has 0 aliphatic carbocycles. The lowest BCUT2D eigenvalue weighted by atomic mass is 10.1. The molecule has 1 N–H and O–H groups in total. The molecule has 4 nitrogen and oxygen atoms in total. The summed E-state index contributed by atoms with van der Waals surface area (Å²) in [6, 6.07) is 5.68. The second-order valence-corrected chi connectivity index (χ2v) is 4.25. The number of aliphatic hydroxyl groups is 1. The Labute approximate surface area is 108 Å². The number of benzene rings is 1. The summed E-state index contributed by atoms with van der Waals surface area (Å²) in [7, 11) is 1.37. The van der Waals surface area contributed by atoms with Gasteiger partial charge in [-0.15, -0.1) is 0 Å². The summed E-state index contributed by atoms with van der Waals surface area (Å²) in [5.74, 6) is 0.438. The fourth-order valence-corrected chi connectivity index (χ4v) is 1.61. The third-order valence-electron chi connectivity index (χ3n) is 2.63. The van der Waals surface area contributed by atoms with Gasteiger partial charge < -0.3 is 14.6 Å². The van der Waals surface area contributed by atoms with Gasteiger partial charge in [-0.2, -0.15) is 0 Å². The predicted molar refractivity (Wildman–Crippen MR) is 68.6 cm³/mol. The quantitative estimate of drug-likeness (QED) is 0.624. The topological polar surface area (TPSA) is 55.8 Å². The summed E-state index contributed by atoms with van der Waals surface area (Å²) in [6.07, 6.45) is 0.368. The van der Waals surface area contributed by atoms with Crippen molar-refractivity contribution in [3.8, 4) is 5.75 Å². The van der Waals surface area contributed by atoms with Crippen molar-refractivity contribution in [1.29, 1.82) is 0 Å². The van der Waals surface area contributed by atoms with Crippen molar-refractivity contribution in [1.82, 2.24) is 0 Å². The first-order valence-corrected chi connectivity index (χ1v) is 6.03. The highest BCUT2D eigenvalue weighted by Crippen LogP contribution is 2.26. The molecule has 1 aromatic carbocycles. The average molecular weight is 252 g/mol. The molecule has 1 aromatic rings. The molecule has 0 aliphatic heterocycles. The van der Waals surface area contributed by atoms with Crippen LogP contribution in [-0.4, -0.2) is 24.8 Å². The first-order valence-electron chi connectivity index (χ1n) is 6.03. The normalized spacial score (nSPS) is 12.0. The molecule has 0 unspecified atom stereocenters. The van der Waals surface area contributed by atoms with Crippen LogP contribution in [0.1, 0.15) is 37.0 Å². The van der Waals surface area contributed by atoms with Gasteiger partial charge in [0.2, 0.25) is 0 Å². The minimum Gasteiger partial charge on any atom is -0.493 e. The summed E-state index contributed by atoms with van der Waals surface area (Å²) in [6.45, 7) is 4.09. The van der Waals surface area contributed by atoms with Gasteiger partial charge in [0.15, 0.2) is 0 Å². The Hall–Kier alpha value is -1.55. The Morgan fingerprint density at radius 3 is 2.78 bits per heavy atom. The molecule has 0 spiro atoms. The van der Waals surface area contributed by atoms with Gasteiger partial charge >= 0.3 is 5.97 Å². The number of hydrogen-bond donors (Lipinski definition) is 1. The Morgan fingerprint density at radius 1 is 1.44 bits per heavy atom. The fourth-order valence-electron chi connectivity index (χ4n) is 1.61. The number of hydrogen-bond acceptors (Lipinski definition) is 4. The van der Waals surface area contributed by atoms with Crippen molar-refractivity contribution in [2.75, 3.05) is 13.7 Å². The molecule has 0 amide bonds. The van der Waals surface area contributed by atoms with E-state index in [1.54, 1.807) is 6.92 Å². The van der Waals surface area contributed by atoms with Crippen LogP contribution in [-0.2, 0) is 9.53 Å². The monoisotopic (exact) mass is 252 g/mol. The van der Waals surface area contributed by atoms with Crippen molar-refractivity contribution in [2.45, 2.75) is 32.8 Å². The van der Waals surface area contributed by atoms with E-state index in [2.05, 4.69) is 4.74 Å². The van der Waals surface area contributed by atoms with Gasteiger partial charge in [-0.1, -0.05) is 12.1 Å². The van der Waals surface area contributed by atoms with Gasteiger partial charge in [0.25, 0.3) is 0 Å². The van der Waals surface area contributed by atoms with E-state index >= 15 is 0 Å². The molecule has 0 radical (unpaired) electrons. The van der Waals surface area contributed by atoms with Crippen molar-refractivity contribution >= 4 is 5.97 Å². The van der Waals surface area contributed by atoms with Crippen LogP contribution in [0, 0.1) is 6.92 Å². The van der Waals surface area contributed by atoms with E-state index in [-0.39, 0.29) is 5.97 Å². The van der Waals surface area contributed by atoms with E-state index in [1.165, 1.54) is 7.11 Å². The van der Waals surface area contributed by atoms with Gasteiger partial charge in [-0.25, -0.2) is 0 Å². The van der Waals surface area contributed by atoms with Crippen LogP contribution in [0.4, 0.5) is 0 Å². The smallest absolute Gasteiger partial charge is 0.305 e. The highest BCUT2D eigenvalue weighted by atomic mass is 16.5. The molecule has 0 aliphatic rings. The SMILES string of the molecule is COC(=O)CCCOc1cc(C)ccc1[C@@H](C)O. The van der Waals surface area contributed by atoms with E-state index in [9.17, 15) is 9.90 Å². The molecular formula is C14H20O4. The van der Waals surface area contributed by atoms with Crippen LogP contribution < -0.4 is 4.74 Å². The van der Waals surface area contributed by atoms with Crippen LogP contribution in [0.2, 0.25) is 0 Å². The Bertz CT molecular complexity index is 399. The molecule has 0 saturated heterocycles. The number of methoxy groups -OCH3 is 1. The second-order valence-electron chi connectivity index (χ2n) is 4.25. The summed E-state index contributed by atoms with van der Waals surface area (Å²) >= 11 is 0. The molecule has 100 valence electrons. The molecule has 1 rings (SSSR count). The first-order chi connectivity index (χ1) is 8.54. The number of rotatable bonds is 6. The standard InChI is InChI=1S/C14H20O4/c1-10-6-7-12(11(2)15)13(9-10)18-8-4-5-14(16)17-3/h6-7,9,11,15H,4-5,8H2,1-3H3/t11-/m1/s1. The Morgan fingerprint density at radius 2 is 2.17 bits per heavy atom. The van der Waals surface area contributed by atoms with Gasteiger partial charge in [0, 0.05) is 12.0 Å². The maximum atomic E-state index is 10.9. The van der Waals surface area contributed by atoms with Gasteiger partial charge in [-0.3, -0.25) is 4.79 Å². The van der Waals surface area contributed by atoms with Crippen LogP contribution >= 0.6 is 0 Å². The highest BCUT2D eigenvalue weighted by molar-refractivity contribution is 5.69. The lowest BCUT2D eigenvalue weighted by Gasteiger charge is -2.14. The van der Waals surface area contributed by atoms with Crippen molar-refractivity contribution in [3.63, 3.8) is 0 Å². The molecule has 0 aromatic heterocycles. The molecule has 1 atom stereocenters. The predicted octanol–water partition coefficient (Wildman–Crippen LogP) is 2.38. The summed E-state index contributed by atoms with van der Waals surface area (Å²) in [4.78, 5) is 10.9. The highest BCUT2D eigenvalue weighted by Gasteiger charge is 2.09.